The zero-order valence-electron chi connectivity index (χ0n) is 13.9. The second kappa shape index (κ2) is 7.29. The number of nitriles is 1. The molecule has 4 nitrogen and oxygen atoms in total. The van der Waals surface area contributed by atoms with Gasteiger partial charge in [0.25, 0.3) is 5.91 Å². The average molecular weight is 320 g/mol. The topological polar surface area (TPSA) is 57.3 Å². The second-order valence-corrected chi connectivity index (χ2v) is 6.40. The van der Waals surface area contributed by atoms with Crippen molar-refractivity contribution in [3.63, 3.8) is 0 Å². The number of nitrogens with zero attached hydrogens (tertiary/aromatic N) is 1. The number of hydrogen-bond donors (Lipinski definition) is 2. The van der Waals surface area contributed by atoms with Gasteiger partial charge in [0, 0.05) is 17.7 Å². The van der Waals surface area contributed by atoms with Crippen LogP contribution in [0.15, 0.2) is 48.5 Å². The number of anilines is 1. The zero-order chi connectivity index (χ0) is 16.9. The minimum atomic E-state index is 0.000243. The van der Waals surface area contributed by atoms with E-state index in [2.05, 4.69) is 42.7 Å². The Morgan fingerprint density at radius 3 is 2.75 bits per heavy atom. The van der Waals surface area contributed by atoms with E-state index in [1.165, 1.54) is 22.4 Å². The van der Waals surface area contributed by atoms with Crippen LogP contribution in [0.2, 0.25) is 0 Å². The van der Waals surface area contributed by atoms with E-state index in [1.807, 2.05) is 0 Å². The maximum Gasteiger partial charge on any atom is 0.279 e. The third-order valence-corrected chi connectivity index (χ3v) is 4.70. The molecule has 0 aliphatic heterocycles. The Bertz CT molecular complexity index is 761. The number of rotatable bonds is 4. The van der Waals surface area contributed by atoms with Gasteiger partial charge in [0.2, 0.25) is 0 Å². The van der Waals surface area contributed by atoms with Gasteiger partial charge in [-0.05, 0) is 42.7 Å². The summed E-state index contributed by atoms with van der Waals surface area (Å²) < 4.78 is 0. The molecule has 0 fully saturated rings. The summed E-state index contributed by atoms with van der Waals surface area (Å²) in [7, 11) is 2.09. The number of hydrogen-bond acceptors (Lipinski definition) is 2. The van der Waals surface area contributed by atoms with E-state index < -0.39 is 0 Å². The lowest BCUT2D eigenvalue weighted by molar-refractivity contribution is -0.905. The van der Waals surface area contributed by atoms with Crippen LogP contribution in [-0.2, 0) is 11.2 Å². The minimum absolute atomic E-state index is 0.000243. The number of carbonyl (C=O) groups is 1. The molecule has 2 aromatic rings. The molecule has 0 radical (unpaired) electrons. The molecule has 0 bridgehead atoms. The Hall–Kier alpha value is -2.64. The maximum absolute atomic E-state index is 12.3. The van der Waals surface area contributed by atoms with Gasteiger partial charge in [0.05, 0.1) is 18.7 Å². The summed E-state index contributed by atoms with van der Waals surface area (Å²) in [6, 6.07) is 18.0. The van der Waals surface area contributed by atoms with Gasteiger partial charge in [-0.3, -0.25) is 4.79 Å². The summed E-state index contributed by atoms with van der Waals surface area (Å²) in [5, 5.41) is 11.7. The van der Waals surface area contributed by atoms with Crippen molar-refractivity contribution in [2.75, 3.05) is 18.9 Å². The lowest BCUT2D eigenvalue weighted by atomic mass is 9.87. The Morgan fingerprint density at radius 1 is 1.25 bits per heavy atom. The number of likely N-dealkylation sites (N-methyl/N-ethyl adjacent to an activating group) is 1. The number of aryl methyl sites for hydroxylation is 1. The van der Waals surface area contributed by atoms with E-state index in [0.717, 1.165) is 18.5 Å². The summed E-state index contributed by atoms with van der Waals surface area (Å²) in [4.78, 5) is 13.6. The molecule has 0 spiro atoms. The van der Waals surface area contributed by atoms with Crippen molar-refractivity contribution in [3.8, 4) is 6.07 Å². The standard InChI is InChI=1S/C20H21N3O/c1-23(19-8-4-6-16-5-2-3-7-18(16)19)14-20(24)22-17-11-9-15(13-21)10-12-17/h2-3,5,7,9-12,19H,4,6,8,14H2,1H3,(H,22,24)/p+1/t19-/m0/s1. The fourth-order valence-electron chi connectivity index (χ4n) is 3.48. The third-order valence-electron chi connectivity index (χ3n) is 4.70. The molecule has 0 saturated heterocycles. The number of amides is 1. The van der Waals surface area contributed by atoms with Gasteiger partial charge in [-0.1, -0.05) is 24.3 Å². The Balaban J connectivity index is 1.63. The molecule has 0 saturated carbocycles. The van der Waals surface area contributed by atoms with Crippen LogP contribution in [0.25, 0.3) is 0 Å². The normalized spacial score (nSPS) is 17.4. The molecule has 0 aromatic heterocycles. The molecule has 1 aliphatic rings. The molecule has 2 aromatic carbocycles. The molecule has 24 heavy (non-hydrogen) atoms. The van der Waals surface area contributed by atoms with Crippen LogP contribution >= 0.6 is 0 Å². The predicted octanol–water partition coefficient (Wildman–Crippen LogP) is 2.09. The van der Waals surface area contributed by atoms with E-state index in [9.17, 15) is 4.79 Å². The number of carbonyl (C=O) groups excluding carboxylic acids is 1. The fourth-order valence-corrected chi connectivity index (χ4v) is 3.48. The highest BCUT2D eigenvalue weighted by molar-refractivity contribution is 5.91. The summed E-state index contributed by atoms with van der Waals surface area (Å²) in [6.45, 7) is 0.430. The quantitative estimate of drug-likeness (QED) is 0.906. The fraction of sp³-hybridized carbons (Fsp3) is 0.300. The highest BCUT2D eigenvalue weighted by Crippen LogP contribution is 2.27. The third kappa shape index (κ3) is 3.64. The summed E-state index contributed by atoms with van der Waals surface area (Å²) in [5.74, 6) is 0.000243. The van der Waals surface area contributed by atoms with Crippen LogP contribution in [-0.4, -0.2) is 19.5 Å². The van der Waals surface area contributed by atoms with E-state index >= 15 is 0 Å². The van der Waals surface area contributed by atoms with Crippen LogP contribution in [0.1, 0.15) is 35.6 Å². The molecule has 4 heteroatoms. The molecule has 1 amide bonds. The van der Waals surface area contributed by atoms with Crippen LogP contribution in [0.5, 0.6) is 0 Å². The van der Waals surface area contributed by atoms with E-state index in [4.69, 9.17) is 5.26 Å². The Labute approximate surface area is 142 Å². The van der Waals surface area contributed by atoms with Crippen molar-refractivity contribution in [1.82, 2.24) is 0 Å². The first kappa shape index (κ1) is 16.2. The molecule has 2 atom stereocenters. The first-order valence-electron chi connectivity index (χ1n) is 8.37. The lowest BCUT2D eigenvalue weighted by Gasteiger charge is -2.30. The molecular weight excluding hydrogens is 298 g/mol. The van der Waals surface area contributed by atoms with E-state index in [0.29, 0.717) is 18.2 Å². The molecule has 1 aliphatic carbocycles. The number of nitrogens with one attached hydrogen (secondary N) is 2. The van der Waals surface area contributed by atoms with Crippen LogP contribution in [0.3, 0.4) is 0 Å². The minimum Gasteiger partial charge on any atom is -0.323 e. The summed E-state index contributed by atoms with van der Waals surface area (Å²) in [5.41, 5.74) is 4.12. The Morgan fingerprint density at radius 2 is 2.00 bits per heavy atom. The highest BCUT2D eigenvalue weighted by Gasteiger charge is 2.27. The molecule has 1 unspecified atom stereocenters. The van der Waals surface area contributed by atoms with Gasteiger partial charge in [-0.15, -0.1) is 0 Å². The highest BCUT2D eigenvalue weighted by atomic mass is 16.2. The van der Waals surface area contributed by atoms with Gasteiger partial charge >= 0.3 is 0 Å². The van der Waals surface area contributed by atoms with Crippen molar-refractivity contribution in [2.45, 2.75) is 25.3 Å². The smallest absolute Gasteiger partial charge is 0.279 e. The first-order valence-corrected chi connectivity index (χ1v) is 8.37. The lowest BCUT2D eigenvalue weighted by Crippen LogP contribution is -3.10. The van der Waals surface area contributed by atoms with Gasteiger partial charge < -0.3 is 10.2 Å². The van der Waals surface area contributed by atoms with Crippen LogP contribution in [0.4, 0.5) is 5.69 Å². The van der Waals surface area contributed by atoms with Crippen molar-refractivity contribution in [1.29, 1.82) is 5.26 Å². The van der Waals surface area contributed by atoms with E-state index in [-0.39, 0.29) is 5.91 Å². The van der Waals surface area contributed by atoms with Gasteiger partial charge in [0.1, 0.15) is 6.04 Å². The second-order valence-electron chi connectivity index (χ2n) is 6.40. The van der Waals surface area contributed by atoms with Gasteiger partial charge in [-0.2, -0.15) is 5.26 Å². The first-order chi connectivity index (χ1) is 11.7. The van der Waals surface area contributed by atoms with Gasteiger partial charge in [-0.25, -0.2) is 0 Å². The monoisotopic (exact) mass is 320 g/mol. The summed E-state index contributed by atoms with van der Waals surface area (Å²) >= 11 is 0. The number of benzene rings is 2. The molecule has 0 heterocycles. The molecular formula is C20H22N3O+. The van der Waals surface area contributed by atoms with Crippen molar-refractivity contribution < 1.29 is 9.69 Å². The molecule has 122 valence electrons. The van der Waals surface area contributed by atoms with E-state index in [1.54, 1.807) is 24.3 Å². The summed E-state index contributed by atoms with van der Waals surface area (Å²) in [6.07, 6.45) is 3.43. The number of fused-ring (bicyclic) bond motifs is 1. The number of quaternary nitrogens is 1. The van der Waals surface area contributed by atoms with Crippen molar-refractivity contribution in [2.24, 2.45) is 0 Å². The predicted molar refractivity (Wildman–Crippen MR) is 93.7 cm³/mol. The van der Waals surface area contributed by atoms with Crippen molar-refractivity contribution in [3.05, 3.63) is 65.2 Å². The SMILES string of the molecule is C[NH+](CC(=O)Nc1ccc(C#N)cc1)[C@H]1CCCc2ccccc21. The van der Waals surface area contributed by atoms with Gasteiger partial charge in [0.15, 0.2) is 6.54 Å². The average Bonchev–Trinajstić information content (AvgIpc) is 2.61. The molecule has 3 rings (SSSR count). The van der Waals surface area contributed by atoms with Crippen molar-refractivity contribution >= 4 is 11.6 Å². The van der Waals surface area contributed by atoms with Crippen LogP contribution < -0.4 is 10.2 Å². The van der Waals surface area contributed by atoms with Crippen LogP contribution in [0, 0.1) is 11.3 Å². The zero-order valence-corrected chi connectivity index (χ0v) is 13.9. The molecule has 2 N–H and O–H groups in total. The maximum atomic E-state index is 12.3. The Kier molecular flexibility index (Phi) is 4.93. The largest absolute Gasteiger partial charge is 0.323 e.